The summed E-state index contributed by atoms with van der Waals surface area (Å²) in [6, 6.07) is 17.1. The molecule has 0 bridgehead atoms. The van der Waals surface area contributed by atoms with Gasteiger partial charge in [-0.15, -0.1) is 11.6 Å². The van der Waals surface area contributed by atoms with E-state index in [1.165, 1.54) is 16.7 Å². The largest absolute Gasteiger partial charge is 0.126 e. The molecule has 0 aliphatic rings. The van der Waals surface area contributed by atoms with Gasteiger partial charge in [0.15, 0.2) is 0 Å². The molecule has 18 heavy (non-hydrogen) atoms. The van der Waals surface area contributed by atoms with E-state index in [9.17, 15) is 0 Å². The number of hydrogen-bond acceptors (Lipinski definition) is 0. The Hall–Kier alpha value is -0.790. The zero-order valence-corrected chi connectivity index (χ0v) is 12.7. The summed E-state index contributed by atoms with van der Waals surface area (Å²) in [5, 5.41) is 0. The van der Waals surface area contributed by atoms with Crippen molar-refractivity contribution >= 4 is 27.5 Å². The Morgan fingerprint density at radius 1 is 1.11 bits per heavy atom. The van der Waals surface area contributed by atoms with Crippen molar-refractivity contribution in [3.63, 3.8) is 0 Å². The first kappa shape index (κ1) is 13.6. The molecule has 0 aromatic heterocycles. The molecule has 2 rings (SSSR count). The average molecular weight is 324 g/mol. The lowest BCUT2D eigenvalue weighted by molar-refractivity contribution is 0.765. The molecule has 0 nitrogen and oxygen atoms in total. The monoisotopic (exact) mass is 322 g/mol. The van der Waals surface area contributed by atoms with Crippen LogP contribution in [0.15, 0.2) is 53.0 Å². The Morgan fingerprint density at radius 2 is 1.83 bits per heavy atom. The Bertz CT molecular complexity index is 505. The average Bonchev–Trinajstić information content (AvgIpc) is 2.37. The highest BCUT2D eigenvalue weighted by atomic mass is 79.9. The van der Waals surface area contributed by atoms with Crippen LogP contribution < -0.4 is 0 Å². The molecular weight excluding hydrogens is 308 g/mol. The summed E-state index contributed by atoms with van der Waals surface area (Å²) in [6.45, 7) is 2.10. The molecule has 0 N–H and O–H groups in total. The molecule has 0 radical (unpaired) electrons. The van der Waals surface area contributed by atoms with Crippen LogP contribution >= 0.6 is 27.5 Å². The van der Waals surface area contributed by atoms with Crippen LogP contribution in [0.5, 0.6) is 0 Å². The topological polar surface area (TPSA) is 0 Å². The minimum absolute atomic E-state index is 0.376. The van der Waals surface area contributed by atoms with E-state index in [1.807, 2.05) is 6.07 Å². The van der Waals surface area contributed by atoms with Gasteiger partial charge in [0.25, 0.3) is 0 Å². The number of benzene rings is 2. The molecular formula is C16H16BrCl. The highest BCUT2D eigenvalue weighted by molar-refractivity contribution is 9.10. The van der Waals surface area contributed by atoms with Crippen molar-refractivity contribution in [3.8, 4) is 0 Å². The van der Waals surface area contributed by atoms with E-state index in [2.05, 4.69) is 65.3 Å². The molecule has 2 heteroatoms. The maximum absolute atomic E-state index is 6.12. The van der Waals surface area contributed by atoms with Gasteiger partial charge in [0.05, 0.1) is 0 Å². The van der Waals surface area contributed by atoms with Gasteiger partial charge >= 0.3 is 0 Å². The van der Waals surface area contributed by atoms with Crippen LogP contribution in [0.1, 0.15) is 22.6 Å². The van der Waals surface area contributed by atoms with Gasteiger partial charge in [-0.3, -0.25) is 0 Å². The molecule has 0 saturated carbocycles. The highest BCUT2D eigenvalue weighted by Crippen LogP contribution is 2.24. The molecule has 0 fully saturated rings. The lowest BCUT2D eigenvalue weighted by atomic mass is 9.93. The fraction of sp³-hybridized carbons (Fsp3) is 0.250. The number of halogens is 2. The van der Waals surface area contributed by atoms with Crippen LogP contribution in [0.2, 0.25) is 0 Å². The van der Waals surface area contributed by atoms with Gasteiger partial charge in [-0.25, -0.2) is 0 Å². The standard InChI is InChI=1S/C16H16BrCl/c1-12-5-7-14(8-6-12)15(11-18)9-13-3-2-4-16(17)10-13/h2-8,10,15H,9,11H2,1H3. The summed E-state index contributed by atoms with van der Waals surface area (Å²) in [5.74, 6) is 1.02. The molecule has 0 saturated heterocycles. The Kier molecular flexibility index (Phi) is 4.85. The summed E-state index contributed by atoms with van der Waals surface area (Å²) in [6.07, 6.45) is 0.978. The lowest BCUT2D eigenvalue weighted by Crippen LogP contribution is -2.04. The van der Waals surface area contributed by atoms with Crippen molar-refractivity contribution in [2.75, 3.05) is 5.88 Å². The van der Waals surface area contributed by atoms with Gasteiger partial charge in [-0.1, -0.05) is 57.9 Å². The predicted molar refractivity (Wildman–Crippen MR) is 82.5 cm³/mol. The third-order valence-corrected chi connectivity index (χ3v) is 3.97. The van der Waals surface area contributed by atoms with E-state index in [0.29, 0.717) is 11.8 Å². The smallest absolute Gasteiger partial charge is 0.0295 e. The Balaban J connectivity index is 2.17. The van der Waals surface area contributed by atoms with Gasteiger partial charge in [-0.05, 0) is 36.6 Å². The minimum Gasteiger partial charge on any atom is -0.126 e. The quantitative estimate of drug-likeness (QED) is 0.668. The van der Waals surface area contributed by atoms with E-state index in [1.54, 1.807) is 0 Å². The molecule has 0 spiro atoms. The molecule has 1 unspecified atom stereocenters. The van der Waals surface area contributed by atoms with E-state index in [0.717, 1.165) is 10.9 Å². The second-order valence-electron chi connectivity index (χ2n) is 4.60. The first-order valence-electron chi connectivity index (χ1n) is 6.06. The predicted octanol–water partition coefficient (Wildman–Crippen LogP) is 5.32. The van der Waals surface area contributed by atoms with Crippen LogP contribution in [0.3, 0.4) is 0 Å². The van der Waals surface area contributed by atoms with Crippen LogP contribution in [0.25, 0.3) is 0 Å². The zero-order valence-electron chi connectivity index (χ0n) is 10.4. The normalized spacial score (nSPS) is 12.4. The van der Waals surface area contributed by atoms with Crippen molar-refractivity contribution in [1.82, 2.24) is 0 Å². The first-order valence-corrected chi connectivity index (χ1v) is 7.39. The summed E-state index contributed by atoms with van der Waals surface area (Å²) in [5.41, 5.74) is 3.92. The van der Waals surface area contributed by atoms with E-state index in [4.69, 9.17) is 11.6 Å². The highest BCUT2D eigenvalue weighted by Gasteiger charge is 2.11. The molecule has 1 atom stereocenters. The van der Waals surface area contributed by atoms with Gasteiger partial charge in [0, 0.05) is 16.3 Å². The second-order valence-corrected chi connectivity index (χ2v) is 5.82. The van der Waals surface area contributed by atoms with Crippen LogP contribution in [-0.4, -0.2) is 5.88 Å². The van der Waals surface area contributed by atoms with Gasteiger partial charge in [0.2, 0.25) is 0 Å². The summed E-state index contributed by atoms with van der Waals surface area (Å²) >= 11 is 9.63. The molecule has 2 aromatic rings. The fourth-order valence-electron chi connectivity index (χ4n) is 2.05. The molecule has 2 aromatic carbocycles. The van der Waals surface area contributed by atoms with Crippen LogP contribution in [0.4, 0.5) is 0 Å². The fourth-order valence-corrected chi connectivity index (χ4v) is 2.78. The third-order valence-electron chi connectivity index (χ3n) is 3.11. The van der Waals surface area contributed by atoms with Gasteiger partial charge < -0.3 is 0 Å². The van der Waals surface area contributed by atoms with Crippen molar-refractivity contribution in [2.24, 2.45) is 0 Å². The number of rotatable bonds is 4. The van der Waals surface area contributed by atoms with Crippen molar-refractivity contribution in [1.29, 1.82) is 0 Å². The zero-order chi connectivity index (χ0) is 13.0. The SMILES string of the molecule is Cc1ccc(C(CCl)Cc2cccc(Br)c2)cc1. The van der Waals surface area contributed by atoms with Crippen molar-refractivity contribution in [2.45, 2.75) is 19.3 Å². The maximum atomic E-state index is 6.12. The second kappa shape index (κ2) is 6.40. The van der Waals surface area contributed by atoms with Crippen LogP contribution in [-0.2, 0) is 6.42 Å². The van der Waals surface area contributed by atoms with Gasteiger partial charge in [0.1, 0.15) is 0 Å². The van der Waals surface area contributed by atoms with E-state index < -0.39 is 0 Å². The molecule has 0 heterocycles. The third kappa shape index (κ3) is 3.60. The van der Waals surface area contributed by atoms with Crippen molar-refractivity contribution in [3.05, 3.63) is 69.7 Å². The number of hydrogen-bond donors (Lipinski definition) is 0. The summed E-state index contributed by atoms with van der Waals surface area (Å²) < 4.78 is 1.12. The van der Waals surface area contributed by atoms with E-state index >= 15 is 0 Å². The number of alkyl halides is 1. The van der Waals surface area contributed by atoms with Gasteiger partial charge in [-0.2, -0.15) is 0 Å². The molecule has 0 aliphatic heterocycles. The molecule has 94 valence electrons. The lowest BCUT2D eigenvalue weighted by Gasteiger charge is -2.15. The molecule has 0 amide bonds. The molecule has 0 aliphatic carbocycles. The minimum atomic E-state index is 0.376. The van der Waals surface area contributed by atoms with E-state index in [-0.39, 0.29) is 0 Å². The summed E-state index contributed by atoms with van der Waals surface area (Å²) in [7, 11) is 0. The van der Waals surface area contributed by atoms with Crippen LogP contribution in [0, 0.1) is 6.92 Å². The first-order chi connectivity index (χ1) is 8.69. The maximum Gasteiger partial charge on any atom is 0.0295 e. The summed E-state index contributed by atoms with van der Waals surface area (Å²) in [4.78, 5) is 0. The Morgan fingerprint density at radius 3 is 2.44 bits per heavy atom. The number of aryl methyl sites for hydroxylation is 1. The van der Waals surface area contributed by atoms with Crippen molar-refractivity contribution < 1.29 is 0 Å². The Labute approximate surface area is 122 Å².